The zero-order valence-corrected chi connectivity index (χ0v) is 10.1. The van der Waals surface area contributed by atoms with Gasteiger partial charge in [0, 0.05) is 13.1 Å². The maximum absolute atomic E-state index is 12.3. The number of alkyl halides is 3. The Morgan fingerprint density at radius 2 is 2.05 bits per heavy atom. The van der Waals surface area contributed by atoms with Crippen LogP contribution in [-0.2, 0) is 17.9 Å². The first-order valence-corrected chi connectivity index (χ1v) is 5.59. The molecule has 0 saturated carbocycles. The molecule has 0 bridgehead atoms. The highest BCUT2D eigenvalue weighted by molar-refractivity contribution is 5.91. The number of hydrogen-bond acceptors (Lipinski definition) is 4. The van der Waals surface area contributed by atoms with Gasteiger partial charge in [-0.15, -0.1) is 0 Å². The van der Waals surface area contributed by atoms with Crippen LogP contribution >= 0.6 is 0 Å². The number of primary amides is 1. The van der Waals surface area contributed by atoms with Gasteiger partial charge in [-0.25, -0.2) is 4.98 Å². The van der Waals surface area contributed by atoms with Crippen molar-refractivity contribution < 1.29 is 27.9 Å². The standard InChI is InChI=1S/C10H11F3N4O3/c11-10(12,13)7(18)9(20)16-1-2-17-5(8(14)19)3-15-6(17)4-16/h3,7,18H,1-2,4H2,(H2,14,19)/t7-/m0/s1. The predicted octanol–water partition coefficient (Wildman–Crippen LogP) is -0.753. The van der Waals surface area contributed by atoms with Crippen molar-refractivity contribution in [2.75, 3.05) is 6.54 Å². The highest BCUT2D eigenvalue weighted by Gasteiger charge is 2.46. The van der Waals surface area contributed by atoms with Crippen LogP contribution in [0.15, 0.2) is 6.20 Å². The molecule has 1 aliphatic heterocycles. The third-order valence-corrected chi connectivity index (χ3v) is 2.97. The molecular weight excluding hydrogens is 281 g/mol. The fourth-order valence-corrected chi connectivity index (χ4v) is 1.96. The van der Waals surface area contributed by atoms with Gasteiger partial charge in [0.05, 0.1) is 12.7 Å². The Hall–Kier alpha value is -2.10. The first-order chi connectivity index (χ1) is 9.21. The molecule has 0 saturated heterocycles. The molecule has 2 amide bonds. The third-order valence-electron chi connectivity index (χ3n) is 2.97. The Kier molecular flexibility index (Phi) is 3.42. The number of aliphatic hydroxyl groups excluding tert-OH is 1. The highest BCUT2D eigenvalue weighted by atomic mass is 19.4. The normalized spacial score (nSPS) is 16.7. The Bertz CT molecular complexity index is 554. The molecular formula is C10H11F3N4O3. The van der Waals surface area contributed by atoms with Crippen molar-refractivity contribution in [1.82, 2.24) is 14.5 Å². The number of halogens is 3. The Labute approximate surface area is 110 Å². The van der Waals surface area contributed by atoms with Crippen molar-refractivity contribution >= 4 is 11.8 Å². The van der Waals surface area contributed by atoms with Crippen LogP contribution in [-0.4, -0.2) is 50.2 Å². The summed E-state index contributed by atoms with van der Waals surface area (Å²) in [5, 5.41) is 8.93. The van der Waals surface area contributed by atoms with E-state index in [9.17, 15) is 22.8 Å². The van der Waals surface area contributed by atoms with E-state index in [4.69, 9.17) is 10.8 Å². The topological polar surface area (TPSA) is 101 Å². The van der Waals surface area contributed by atoms with Crippen molar-refractivity contribution in [2.24, 2.45) is 5.73 Å². The van der Waals surface area contributed by atoms with Crippen LogP contribution in [0.3, 0.4) is 0 Å². The summed E-state index contributed by atoms with van der Waals surface area (Å²) in [6.07, 6.45) is -6.87. The number of nitrogens with two attached hydrogens (primary N) is 1. The number of amides is 2. The van der Waals surface area contributed by atoms with Crippen molar-refractivity contribution in [2.45, 2.75) is 25.4 Å². The van der Waals surface area contributed by atoms with Gasteiger partial charge >= 0.3 is 6.18 Å². The van der Waals surface area contributed by atoms with Gasteiger partial charge in [-0.3, -0.25) is 9.59 Å². The summed E-state index contributed by atoms with van der Waals surface area (Å²) in [7, 11) is 0. The molecule has 10 heteroatoms. The minimum Gasteiger partial charge on any atom is -0.376 e. The zero-order chi connectivity index (χ0) is 15.1. The average molecular weight is 292 g/mol. The molecule has 2 heterocycles. The summed E-state index contributed by atoms with van der Waals surface area (Å²) in [5.41, 5.74) is 5.24. The van der Waals surface area contributed by atoms with Gasteiger partial charge in [-0.2, -0.15) is 13.2 Å². The number of aromatic nitrogens is 2. The smallest absolute Gasteiger partial charge is 0.376 e. The number of rotatable bonds is 2. The van der Waals surface area contributed by atoms with Gasteiger partial charge < -0.3 is 20.3 Å². The predicted molar refractivity (Wildman–Crippen MR) is 58.2 cm³/mol. The molecule has 0 aliphatic carbocycles. The van der Waals surface area contributed by atoms with Gasteiger partial charge in [-0.1, -0.05) is 0 Å². The lowest BCUT2D eigenvalue weighted by Crippen LogP contribution is -2.49. The second kappa shape index (κ2) is 4.78. The average Bonchev–Trinajstić information content (AvgIpc) is 2.78. The molecule has 0 spiro atoms. The van der Waals surface area contributed by atoms with E-state index in [-0.39, 0.29) is 31.2 Å². The lowest BCUT2D eigenvalue weighted by Gasteiger charge is -2.30. The van der Waals surface area contributed by atoms with E-state index in [0.717, 1.165) is 4.90 Å². The lowest BCUT2D eigenvalue weighted by atomic mass is 10.2. The highest BCUT2D eigenvalue weighted by Crippen LogP contribution is 2.23. The first kappa shape index (κ1) is 14.3. The van der Waals surface area contributed by atoms with Gasteiger partial charge in [0.1, 0.15) is 11.5 Å². The molecule has 1 aromatic rings. The van der Waals surface area contributed by atoms with E-state index < -0.39 is 24.1 Å². The summed E-state index contributed by atoms with van der Waals surface area (Å²) in [4.78, 5) is 27.3. The Morgan fingerprint density at radius 1 is 1.40 bits per heavy atom. The first-order valence-electron chi connectivity index (χ1n) is 5.59. The van der Waals surface area contributed by atoms with Gasteiger partial charge in [0.2, 0.25) is 6.10 Å². The van der Waals surface area contributed by atoms with Crippen LogP contribution in [0.25, 0.3) is 0 Å². The van der Waals surface area contributed by atoms with E-state index in [1.54, 1.807) is 0 Å². The van der Waals surface area contributed by atoms with Crippen LogP contribution in [0.4, 0.5) is 13.2 Å². The minimum atomic E-state index is -5.01. The minimum absolute atomic E-state index is 0.0738. The maximum atomic E-state index is 12.3. The number of carbonyl (C=O) groups is 2. The van der Waals surface area contributed by atoms with Crippen LogP contribution in [0.2, 0.25) is 0 Å². The van der Waals surface area contributed by atoms with E-state index in [2.05, 4.69) is 4.98 Å². The molecule has 0 fully saturated rings. The summed E-state index contributed by atoms with van der Waals surface area (Å²) in [6.45, 7) is -0.210. The zero-order valence-electron chi connectivity index (χ0n) is 10.1. The maximum Gasteiger partial charge on any atom is 0.423 e. The molecule has 0 unspecified atom stereocenters. The van der Waals surface area contributed by atoms with Crippen molar-refractivity contribution in [1.29, 1.82) is 0 Å². The number of fused-ring (bicyclic) bond motifs is 1. The third kappa shape index (κ3) is 2.46. The van der Waals surface area contributed by atoms with Crippen molar-refractivity contribution in [3.8, 4) is 0 Å². The van der Waals surface area contributed by atoms with E-state index >= 15 is 0 Å². The monoisotopic (exact) mass is 292 g/mol. The van der Waals surface area contributed by atoms with E-state index in [1.165, 1.54) is 10.8 Å². The van der Waals surface area contributed by atoms with Crippen LogP contribution in [0.5, 0.6) is 0 Å². The van der Waals surface area contributed by atoms with E-state index in [0.29, 0.717) is 0 Å². The molecule has 0 radical (unpaired) electrons. The molecule has 2 rings (SSSR count). The van der Waals surface area contributed by atoms with Crippen molar-refractivity contribution in [3.05, 3.63) is 17.7 Å². The molecule has 3 N–H and O–H groups in total. The van der Waals surface area contributed by atoms with Gasteiger partial charge in [0.15, 0.2) is 0 Å². The quantitative estimate of drug-likeness (QED) is 0.748. The van der Waals surface area contributed by atoms with E-state index in [1.807, 2.05) is 0 Å². The van der Waals surface area contributed by atoms with Crippen molar-refractivity contribution in [3.63, 3.8) is 0 Å². The molecule has 0 aromatic carbocycles. The Balaban J connectivity index is 2.16. The van der Waals surface area contributed by atoms with Crippen LogP contribution < -0.4 is 5.73 Å². The molecule has 1 atom stereocenters. The number of aliphatic hydroxyl groups is 1. The van der Waals surface area contributed by atoms with Crippen LogP contribution in [0, 0.1) is 0 Å². The summed E-state index contributed by atoms with van der Waals surface area (Å²) < 4.78 is 38.3. The molecule has 20 heavy (non-hydrogen) atoms. The molecule has 1 aromatic heterocycles. The summed E-state index contributed by atoms with van der Waals surface area (Å²) in [5.74, 6) is -1.90. The molecule has 7 nitrogen and oxygen atoms in total. The largest absolute Gasteiger partial charge is 0.423 e. The number of hydrogen-bond donors (Lipinski definition) is 2. The number of carbonyl (C=O) groups excluding carboxylic acids is 2. The second-order valence-electron chi connectivity index (χ2n) is 4.28. The van der Waals surface area contributed by atoms with Gasteiger partial charge in [0.25, 0.3) is 11.8 Å². The fraction of sp³-hybridized carbons (Fsp3) is 0.500. The molecule has 110 valence electrons. The SMILES string of the molecule is NC(=O)c1cnc2n1CCN(C(=O)[C@H](O)C(F)(F)F)C2. The second-order valence-corrected chi connectivity index (χ2v) is 4.28. The summed E-state index contributed by atoms with van der Waals surface area (Å²) in [6, 6.07) is 0. The Morgan fingerprint density at radius 3 is 2.60 bits per heavy atom. The molecule has 1 aliphatic rings. The fourth-order valence-electron chi connectivity index (χ4n) is 1.96. The van der Waals surface area contributed by atoms with Crippen LogP contribution in [0.1, 0.15) is 16.3 Å². The number of imidazole rings is 1. The lowest BCUT2D eigenvalue weighted by molar-refractivity contribution is -0.211. The summed E-state index contributed by atoms with van der Waals surface area (Å²) >= 11 is 0. The van der Waals surface area contributed by atoms with Gasteiger partial charge in [-0.05, 0) is 0 Å². The number of nitrogens with zero attached hydrogens (tertiary/aromatic N) is 3.